The highest BCUT2D eigenvalue weighted by atomic mass is 14.4. The molecule has 0 amide bonds. The van der Waals surface area contributed by atoms with Gasteiger partial charge in [-0.3, -0.25) is 0 Å². The summed E-state index contributed by atoms with van der Waals surface area (Å²) >= 11 is 0. The first-order valence-corrected chi connectivity index (χ1v) is 8.58. The Kier molecular flexibility index (Phi) is 3.55. The van der Waals surface area contributed by atoms with Crippen LogP contribution in [0.25, 0.3) is 11.1 Å². The molecule has 108 valence electrons. The average molecular weight is 276 g/mol. The minimum atomic E-state index is 0.794. The lowest BCUT2D eigenvalue weighted by Crippen LogP contribution is -2.23. The van der Waals surface area contributed by atoms with Crippen molar-refractivity contribution in [3.8, 4) is 11.1 Å². The van der Waals surface area contributed by atoms with Crippen molar-refractivity contribution in [2.24, 2.45) is 11.8 Å². The quantitative estimate of drug-likeness (QED) is 0.627. The van der Waals surface area contributed by atoms with Crippen molar-refractivity contribution in [3.05, 3.63) is 60.2 Å². The van der Waals surface area contributed by atoms with Gasteiger partial charge in [0.15, 0.2) is 0 Å². The number of fused-ring (bicyclic) bond motifs is 1. The Morgan fingerprint density at radius 1 is 0.667 bits per heavy atom. The molecule has 2 aliphatic carbocycles. The van der Waals surface area contributed by atoms with Gasteiger partial charge < -0.3 is 0 Å². The van der Waals surface area contributed by atoms with E-state index in [4.69, 9.17) is 0 Å². The van der Waals surface area contributed by atoms with Gasteiger partial charge >= 0.3 is 0 Å². The maximum atomic E-state index is 2.40. The maximum absolute atomic E-state index is 2.40. The van der Waals surface area contributed by atoms with Gasteiger partial charge in [-0.1, -0.05) is 80.3 Å². The minimum Gasteiger partial charge on any atom is -0.0622 e. The summed E-state index contributed by atoms with van der Waals surface area (Å²) in [6, 6.07) is 20.1. The summed E-state index contributed by atoms with van der Waals surface area (Å²) in [6.45, 7) is 0. The normalized spacial score (nSPS) is 28.3. The molecule has 0 aromatic heterocycles. The lowest BCUT2D eigenvalue weighted by atomic mass is 9.69. The first-order valence-electron chi connectivity index (χ1n) is 8.58. The Morgan fingerprint density at radius 2 is 1.38 bits per heavy atom. The topological polar surface area (TPSA) is 0 Å². The van der Waals surface area contributed by atoms with Gasteiger partial charge in [-0.05, 0) is 47.3 Å². The summed E-state index contributed by atoms with van der Waals surface area (Å²) in [5, 5.41) is 0. The summed E-state index contributed by atoms with van der Waals surface area (Å²) in [5.41, 5.74) is 4.46. The molecule has 2 fully saturated rings. The van der Waals surface area contributed by atoms with E-state index in [1.807, 2.05) is 0 Å². The van der Waals surface area contributed by atoms with Crippen LogP contribution in [0.4, 0.5) is 0 Å². The van der Waals surface area contributed by atoms with Crippen LogP contribution in [-0.2, 0) is 0 Å². The fraction of sp³-hybridized carbons (Fsp3) is 0.429. The van der Waals surface area contributed by atoms with Gasteiger partial charge in [-0.25, -0.2) is 0 Å². The molecule has 0 radical (unpaired) electrons. The Hall–Kier alpha value is -1.56. The standard InChI is InChI=1S/C21H24/c1-2-8-16(9-3-1)18-12-4-5-13-20(18)21-15-7-11-17-10-6-14-19(17)21/h1-5,8-9,12-13,17,19,21H,6-7,10-11,14-15H2. The Labute approximate surface area is 128 Å². The van der Waals surface area contributed by atoms with Crippen molar-refractivity contribution in [1.29, 1.82) is 0 Å². The van der Waals surface area contributed by atoms with Crippen LogP contribution in [-0.4, -0.2) is 0 Å². The fourth-order valence-electron chi connectivity index (χ4n) is 4.85. The molecule has 0 saturated heterocycles. The Bertz CT molecular complexity index is 598. The second kappa shape index (κ2) is 5.67. The summed E-state index contributed by atoms with van der Waals surface area (Å²) in [4.78, 5) is 0. The van der Waals surface area contributed by atoms with Gasteiger partial charge in [0.25, 0.3) is 0 Å². The highest BCUT2D eigenvalue weighted by Crippen LogP contribution is 2.51. The minimum absolute atomic E-state index is 0.794. The zero-order chi connectivity index (χ0) is 14.1. The number of hydrogen-bond donors (Lipinski definition) is 0. The third kappa shape index (κ3) is 2.41. The van der Waals surface area contributed by atoms with E-state index in [1.165, 1.54) is 49.7 Å². The maximum Gasteiger partial charge on any atom is -0.0125 e. The molecule has 21 heavy (non-hydrogen) atoms. The van der Waals surface area contributed by atoms with E-state index in [-0.39, 0.29) is 0 Å². The van der Waals surface area contributed by atoms with Crippen LogP contribution in [0.1, 0.15) is 50.0 Å². The van der Waals surface area contributed by atoms with Crippen molar-refractivity contribution in [3.63, 3.8) is 0 Å². The van der Waals surface area contributed by atoms with Gasteiger partial charge in [0.1, 0.15) is 0 Å². The van der Waals surface area contributed by atoms with Crippen LogP contribution >= 0.6 is 0 Å². The van der Waals surface area contributed by atoms with Crippen LogP contribution in [0.2, 0.25) is 0 Å². The summed E-state index contributed by atoms with van der Waals surface area (Å²) < 4.78 is 0. The number of benzene rings is 2. The van der Waals surface area contributed by atoms with E-state index in [9.17, 15) is 0 Å². The highest BCUT2D eigenvalue weighted by molar-refractivity contribution is 5.68. The zero-order valence-corrected chi connectivity index (χ0v) is 12.7. The van der Waals surface area contributed by atoms with Crippen molar-refractivity contribution >= 4 is 0 Å². The van der Waals surface area contributed by atoms with E-state index in [1.54, 1.807) is 5.56 Å². The van der Waals surface area contributed by atoms with Crippen LogP contribution in [0.15, 0.2) is 54.6 Å². The van der Waals surface area contributed by atoms with Crippen LogP contribution in [0.3, 0.4) is 0 Å². The molecule has 2 saturated carbocycles. The first-order chi connectivity index (χ1) is 10.4. The van der Waals surface area contributed by atoms with Gasteiger partial charge in [0, 0.05) is 0 Å². The van der Waals surface area contributed by atoms with Crippen LogP contribution < -0.4 is 0 Å². The molecular formula is C21H24. The van der Waals surface area contributed by atoms with E-state index < -0.39 is 0 Å². The lowest BCUT2D eigenvalue weighted by molar-refractivity contribution is 0.238. The first kappa shape index (κ1) is 13.1. The predicted molar refractivity (Wildman–Crippen MR) is 89.3 cm³/mol. The van der Waals surface area contributed by atoms with E-state index in [2.05, 4.69) is 54.6 Å². The van der Waals surface area contributed by atoms with Crippen molar-refractivity contribution < 1.29 is 0 Å². The third-order valence-corrected chi connectivity index (χ3v) is 5.77. The van der Waals surface area contributed by atoms with Crippen molar-refractivity contribution in [2.75, 3.05) is 0 Å². The zero-order valence-electron chi connectivity index (χ0n) is 12.7. The molecule has 2 aromatic rings. The summed E-state index contributed by atoms with van der Waals surface area (Å²) in [7, 11) is 0. The molecule has 0 aliphatic heterocycles. The molecule has 3 atom stereocenters. The lowest BCUT2D eigenvalue weighted by Gasteiger charge is -2.35. The molecule has 0 bridgehead atoms. The fourth-order valence-corrected chi connectivity index (χ4v) is 4.85. The molecular weight excluding hydrogens is 252 g/mol. The summed E-state index contributed by atoms with van der Waals surface area (Å²) in [6.07, 6.45) is 8.70. The molecule has 2 aliphatic rings. The molecule has 3 unspecified atom stereocenters. The SMILES string of the molecule is c1ccc(-c2ccccc2C2CCCC3CCCC32)cc1. The largest absolute Gasteiger partial charge is 0.0622 e. The number of rotatable bonds is 2. The van der Waals surface area contributed by atoms with Crippen LogP contribution in [0.5, 0.6) is 0 Å². The van der Waals surface area contributed by atoms with Gasteiger partial charge in [-0.2, -0.15) is 0 Å². The van der Waals surface area contributed by atoms with Gasteiger partial charge in [-0.15, -0.1) is 0 Å². The van der Waals surface area contributed by atoms with Gasteiger partial charge in [0.2, 0.25) is 0 Å². The monoisotopic (exact) mass is 276 g/mol. The van der Waals surface area contributed by atoms with E-state index >= 15 is 0 Å². The molecule has 0 nitrogen and oxygen atoms in total. The molecule has 0 heterocycles. The average Bonchev–Trinajstić information content (AvgIpc) is 3.04. The Morgan fingerprint density at radius 3 is 2.24 bits per heavy atom. The van der Waals surface area contributed by atoms with E-state index in [0.717, 1.165) is 17.8 Å². The van der Waals surface area contributed by atoms with Gasteiger partial charge in [0.05, 0.1) is 0 Å². The Balaban J connectivity index is 1.75. The predicted octanol–water partition coefficient (Wildman–Crippen LogP) is 6.04. The second-order valence-corrected chi connectivity index (χ2v) is 6.85. The molecule has 0 spiro atoms. The van der Waals surface area contributed by atoms with Crippen molar-refractivity contribution in [1.82, 2.24) is 0 Å². The van der Waals surface area contributed by atoms with Crippen molar-refractivity contribution in [2.45, 2.75) is 44.4 Å². The second-order valence-electron chi connectivity index (χ2n) is 6.85. The smallest absolute Gasteiger partial charge is 0.0125 e. The third-order valence-electron chi connectivity index (χ3n) is 5.77. The highest BCUT2D eigenvalue weighted by Gasteiger charge is 2.37. The van der Waals surface area contributed by atoms with E-state index in [0.29, 0.717) is 0 Å². The molecule has 4 rings (SSSR count). The van der Waals surface area contributed by atoms with Crippen LogP contribution in [0, 0.1) is 11.8 Å². The number of hydrogen-bond acceptors (Lipinski definition) is 0. The molecule has 0 N–H and O–H groups in total. The molecule has 2 aromatic carbocycles. The molecule has 0 heteroatoms. The summed E-state index contributed by atoms with van der Waals surface area (Å²) in [5.74, 6) is 2.75.